The van der Waals surface area contributed by atoms with E-state index in [4.69, 9.17) is 24.9 Å². The third kappa shape index (κ3) is 2.27. The van der Waals surface area contributed by atoms with E-state index < -0.39 is 5.54 Å². The summed E-state index contributed by atoms with van der Waals surface area (Å²) in [7, 11) is 0. The molecule has 7 heteroatoms. The molecule has 0 amide bonds. The molecule has 2 N–H and O–H groups in total. The van der Waals surface area contributed by atoms with Gasteiger partial charge in [-0.25, -0.2) is 9.38 Å². The summed E-state index contributed by atoms with van der Waals surface area (Å²) in [6.45, 7) is 1.56. The van der Waals surface area contributed by atoms with Crippen LogP contribution in [0.1, 0.15) is 12.0 Å². The number of ether oxygens (including phenoxy) is 3. The molecular formula is C19H18FN3O3. The Morgan fingerprint density at radius 2 is 2.12 bits per heavy atom. The van der Waals surface area contributed by atoms with Crippen molar-refractivity contribution in [2.24, 2.45) is 16.6 Å². The van der Waals surface area contributed by atoms with Crippen LogP contribution in [0.5, 0.6) is 5.75 Å². The second kappa shape index (κ2) is 5.67. The van der Waals surface area contributed by atoms with Crippen LogP contribution in [0.25, 0.3) is 11.1 Å². The molecule has 0 bridgehead atoms. The molecule has 2 aromatic rings. The van der Waals surface area contributed by atoms with Gasteiger partial charge in [0.1, 0.15) is 29.8 Å². The molecular weight excluding hydrogens is 337 g/mol. The SMILES string of the molecule is NC1=NC2(CO1)c1cc(-c3cncc(F)c3)ccc1OC1COCCC12. The highest BCUT2D eigenvalue weighted by Crippen LogP contribution is 2.51. The van der Waals surface area contributed by atoms with Gasteiger partial charge in [0.25, 0.3) is 6.02 Å². The zero-order valence-electron chi connectivity index (χ0n) is 14.0. The molecule has 0 aliphatic carbocycles. The molecule has 134 valence electrons. The maximum atomic E-state index is 13.6. The van der Waals surface area contributed by atoms with Crippen LogP contribution in [0.4, 0.5) is 4.39 Å². The van der Waals surface area contributed by atoms with Crippen molar-refractivity contribution in [2.75, 3.05) is 19.8 Å². The van der Waals surface area contributed by atoms with Gasteiger partial charge in [0.05, 0.1) is 12.8 Å². The Bertz CT molecular complexity index is 903. The molecule has 3 atom stereocenters. The molecule has 3 unspecified atom stereocenters. The summed E-state index contributed by atoms with van der Waals surface area (Å²) in [6.07, 6.45) is 3.56. The van der Waals surface area contributed by atoms with Gasteiger partial charge in [-0.1, -0.05) is 6.07 Å². The molecule has 6 nitrogen and oxygen atoms in total. The van der Waals surface area contributed by atoms with Crippen molar-refractivity contribution in [1.29, 1.82) is 0 Å². The van der Waals surface area contributed by atoms with Crippen LogP contribution < -0.4 is 10.5 Å². The molecule has 3 aliphatic heterocycles. The molecule has 4 heterocycles. The minimum Gasteiger partial charge on any atom is -0.487 e. The highest BCUT2D eigenvalue weighted by Gasteiger charge is 2.54. The van der Waals surface area contributed by atoms with Crippen molar-refractivity contribution in [1.82, 2.24) is 4.98 Å². The van der Waals surface area contributed by atoms with Crippen molar-refractivity contribution < 1.29 is 18.6 Å². The number of amidine groups is 1. The van der Waals surface area contributed by atoms with Gasteiger partial charge in [-0.3, -0.25) is 4.98 Å². The monoisotopic (exact) mass is 355 g/mol. The van der Waals surface area contributed by atoms with Crippen LogP contribution >= 0.6 is 0 Å². The van der Waals surface area contributed by atoms with E-state index in [1.807, 2.05) is 18.2 Å². The van der Waals surface area contributed by atoms with E-state index in [1.54, 1.807) is 6.20 Å². The summed E-state index contributed by atoms with van der Waals surface area (Å²) < 4.78 is 31.0. The Morgan fingerprint density at radius 3 is 2.92 bits per heavy atom. The van der Waals surface area contributed by atoms with E-state index in [0.29, 0.717) is 25.4 Å². The maximum absolute atomic E-state index is 13.6. The lowest BCUT2D eigenvalue weighted by atomic mass is 9.71. The fourth-order valence-electron chi connectivity index (χ4n) is 4.23. The van der Waals surface area contributed by atoms with Crippen molar-refractivity contribution in [3.8, 4) is 16.9 Å². The normalized spacial score (nSPS) is 29.3. The number of benzene rings is 1. The highest BCUT2D eigenvalue weighted by molar-refractivity contribution is 5.75. The van der Waals surface area contributed by atoms with Gasteiger partial charge in [-0.05, 0) is 30.2 Å². The summed E-state index contributed by atoms with van der Waals surface area (Å²) in [5, 5.41) is 0. The summed E-state index contributed by atoms with van der Waals surface area (Å²) in [5.74, 6) is 0.486. The zero-order chi connectivity index (χ0) is 17.7. The molecule has 3 aliphatic rings. The number of hydrogen-bond acceptors (Lipinski definition) is 6. The topological polar surface area (TPSA) is 79.0 Å². The van der Waals surface area contributed by atoms with Crippen molar-refractivity contribution in [3.63, 3.8) is 0 Å². The molecule has 1 aromatic heterocycles. The molecule has 5 rings (SSSR count). The third-order valence-electron chi connectivity index (χ3n) is 5.43. The lowest BCUT2D eigenvalue weighted by molar-refractivity contribution is -0.0732. The molecule has 26 heavy (non-hydrogen) atoms. The average Bonchev–Trinajstić information content (AvgIpc) is 3.04. The van der Waals surface area contributed by atoms with E-state index >= 15 is 0 Å². The van der Waals surface area contributed by atoms with Gasteiger partial charge in [0, 0.05) is 29.8 Å². The molecule has 1 fully saturated rings. The van der Waals surface area contributed by atoms with Crippen LogP contribution in [0.2, 0.25) is 0 Å². The van der Waals surface area contributed by atoms with Crippen LogP contribution in [0.15, 0.2) is 41.7 Å². The Labute approximate surface area is 149 Å². The van der Waals surface area contributed by atoms with Gasteiger partial charge in [0.2, 0.25) is 0 Å². The number of pyridine rings is 1. The predicted octanol–water partition coefficient (Wildman–Crippen LogP) is 2.23. The van der Waals surface area contributed by atoms with E-state index in [9.17, 15) is 4.39 Å². The third-order valence-corrected chi connectivity index (χ3v) is 5.43. The minimum atomic E-state index is -0.594. The quantitative estimate of drug-likeness (QED) is 0.849. The van der Waals surface area contributed by atoms with Gasteiger partial charge >= 0.3 is 0 Å². The van der Waals surface area contributed by atoms with Gasteiger partial charge in [-0.15, -0.1) is 0 Å². The second-order valence-electron chi connectivity index (χ2n) is 6.89. The Kier molecular flexibility index (Phi) is 3.40. The van der Waals surface area contributed by atoms with E-state index in [-0.39, 0.29) is 23.9 Å². The number of aliphatic imine (C=N–C) groups is 1. The predicted molar refractivity (Wildman–Crippen MR) is 92.2 cm³/mol. The summed E-state index contributed by atoms with van der Waals surface area (Å²) in [6, 6.07) is 7.44. The molecule has 0 radical (unpaired) electrons. The summed E-state index contributed by atoms with van der Waals surface area (Å²) in [5.41, 5.74) is 7.76. The zero-order valence-corrected chi connectivity index (χ0v) is 14.0. The van der Waals surface area contributed by atoms with E-state index in [0.717, 1.165) is 23.3 Å². The van der Waals surface area contributed by atoms with Crippen LogP contribution in [-0.2, 0) is 15.0 Å². The van der Waals surface area contributed by atoms with E-state index in [1.165, 1.54) is 12.3 Å². The first-order valence-electron chi connectivity index (χ1n) is 8.64. The van der Waals surface area contributed by atoms with Crippen LogP contribution in [-0.4, -0.2) is 36.9 Å². The van der Waals surface area contributed by atoms with Crippen molar-refractivity contribution >= 4 is 6.02 Å². The first-order valence-corrected chi connectivity index (χ1v) is 8.64. The number of rotatable bonds is 1. The lowest BCUT2D eigenvalue weighted by Crippen LogP contribution is -2.52. The number of hydrogen-bond donors (Lipinski definition) is 1. The van der Waals surface area contributed by atoms with Crippen LogP contribution in [0.3, 0.4) is 0 Å². The molecule has 1 spiro atoms. The number of nitrogens with two attached hydrogens (primary N) is 1. The molecule has 0 saturated carbocycles. The Balaban J connectivity index is 1.67. The number of halogens is 1. The van der Waals surface area contributed by atoms with Gasteiger partial charge in [-0.2, -0.15) is 0 Å². The maximum Gasteiger partial charge on any atom is 0.283 e. The lowest BCUT2D eigenvalue weighted by Gasteiger charge is -2.45. The first kappa shape index (κ1) is 15.6. The average molecular weight is 355 g/mol. The number of fused-ring (bicyclic) bond motifs is 4. The first-order chi connectivity index (χ1) is 12.7. The molecule has 1 saturated heterocycles. The van der Waals surface area contributed by atoms with Crippen molar-refractivity contribution in [2.45, 2.75) is 18.1 Å². The fraction of sp³-hybridized carbons (Fsp3) is 0.368. The fourth-order valence-corrected chi connectivity index (χ4v) is 4.23. The largest absolute Gasteiger partial charge is 0.487 e. The Hall–Kier alpha value is -2.67. The highest BCUT2D eigenvalue weighted by atomic mass is 19.1. The van der Waals surface area contributed by atoms with E-state index in [2.05, 4.69) is 4.98 Å². The minimum absolute atomic E-state index is 0.0869. The van der Waals surface area contributed by atoms with Crippen molar-refractivity contribution in [3.05, 3.63) is 48.0 Å². The number of nitrogens with zero attached hydrogens (tertiary/aromatic N) is 2. The smallest absolute Gasteiger partial charge is 0.283 e. The van der Waals surface area contributed by atoms with Gasteiger partial charge < -0.3 is 19.9 Å². The molecule has 1 aromatic carbocycles. The summed E-state index contributed by atoms with van der Waals surface area (Å²) in [4.78, 5) is 8.65. The summed E-state index contributed by atoms with van der Waals surface area (Å²) >= 11 is 0. The van der Waals surface area contributed by atoms with Crippen LogP contribution in [0, 0.1) is 11.7 Å². The van der Waals surface area contributed by atoms with Gasteiger partial charge in [0.15, 0.2) is 0 Å². The second-order valence-corrected chi connectivity index (χ2v) is 6.89. The Morgan fingerprint density at radius 1 is 1.19 bits per heavy atom. The number of aromatic nitrogens is 1. The standard InChI is InChI=1S/C19H18FN3O3/c20-13-5-12(7-22-8-13)11-1-2-16-15(6-11)19(10-25-18(21)23-19)14-3-4-24-9-17(14)26-16/h1-2,5-8,14,17H,3-4,9-10H2,(H2,21,23).